The van der Waals surface area contributed by atoms with Crippen LogP contribution in [0.5, 0.6) is 0 Å². The molecule has 0 aromatic carbocycles. The number of nitrogens with one attached hydrogen (secondary N) is 1. The SMILES string of the molecule is CCC1(C)NC(=O)C(CC(C)C)N(C(C)COC)C1=O. The second-order valence-electron chi connectivity index (χ2n) is 6.34. The monoisotopic (exact) mass is 284 g/mol. The number of piperazine rings is 1. The van der Waals surface area contributed by atoms with Gasteiger partial charge in [0, 0.05) is 7.11 Å². The first-order chi connectivity index (χ1) is 9.26. The predicted molar refractivity (Wildman–Crippen MR) is 78.3 cm³/mol. The van der Waals surface area contributed by atoms with E-state index in [0.29, 0.717) is 25.4 Å². The van der Waals surface area contributed by atoms with Crippen molar-refractivity contribution in [2.75, 3.05) is 13.7 Å². The molecule has 116 valence electrons. The lowest BCUT2D eigenvalue weighted by Gasteiger charge is -2.47. The van der Waals surface area contributed by atoms with Gasteiger partial charge < -0.3 is 15.0 Å². The maximum absolute atomic E-state index is 12.8. The molecule has 5 heteroatoms. The van der Waals surface area contributed by atoms with Crippen LogP contribution in [-0.4, -0.2) is 48.1 Å². The number of carbonyl (C=O) groups excluding carboxylic acids is 2. The molecule has 0 aromatic heterocycles. The number of amides is 2. The Bertz CT molecular complexity index is 370. The Labute approximate surface area is 122 Å². The number of hydrogen-bond acceptors (Lipinski definition) is 3. The summed E-state index contributed by atoms with van der Waals surface area (Å²) in [5.41, 5.74) is -0.799. The van der Waals surface area contributed by atoms with Gasteiger partial charge in [-0.25, -0.2) is 0 Å². The van der Waals surface area contributed by atoms with Crippen molar-refractivity contribution in [2.24, 2.45) is 5.92 Å². The van der Waals surface area contributed by atoms with E-state index in [9.17, 15) is 9.59 Å². The summed E-state index contributed by atoms with van der Waals surface area (Å²) in [6.07, 6.45) is 1.26. The van der Waals surface area contributed by atoms with E-state index in [-0.39, 0.29) is 17.9 Å². The first-order valence-electron chi connectivity index (χ1n) is 7.40. The topological polar surface area (TPSA) is 58.6 Å². The van der Waals surface area contributed by atoms with Crippen molar-refractivity contribution in [3.05, 3.63) is 0 Å². The van der Waals surface area contributed by atoms with Gasteiger partial charge in [-0.15, -0.1) is 0 Å². The molecule has 0 aliphatic carbocycles. The lowest BCUT2D eigenvalue weighted by atomic mass is 9.88. The van der Waals surface area contributed by atoms with Gasteiger partial charge in [0.15, 0.2) is 0 Å². The summed E-state index contributed by atoms with van der Waals surface area (Å²) in [7, 11) is 1.61. The van der Waals surface area contributed by atoms with E-state index in [1.165, 1.54) is 0 Å². The molecule has 1 aliphatic rings. The highest BCUT2D eigenvalue weighted by molar-refractivity contribution is 5.99. The molecule has 0 radical (unpaired) electrons. The van der Waals surface area contributed by atoms with Crippen LogP contribution in [0.2, 0.25) is 0 Å². The van der Waals surface area contributed by atoms with E-state index in [1.807, 2.05) is 13.8 Å². The number of hydrogen-bond donors (Lipinski definition) is 1. The smallest absolute Gasteiger partial charge is 0.249 e. The lowest BCUT2D eigenvalue weighted by molar-refractivity contribution is -0.159. The molecule has 0 saturated carbocycles. The first-order valence-corrected chi connectivity index (χ1v) is 7.40. The molecule has 1 aliphatic heterocycles. The normalized spacial score (nSPS) is 28.8. The van der Waals surface area contributed by atoms with Gasteiger partial charge in [0.25, 0.3) is 0 Å². The van der Waals surface area contributed by atoms with Crippen molar-refractivity contribution in [3.8, 4) is 0 Å². The van der Waals surface area contributed by atoms with Gasteiger partial charge in [-0.05, 0) is 32.6 Å². The number of carbonyl (C=O) groups is 2. The Morgan fingerprint density at radius 2 is 1.95 bits per heavy atom. The molecule has 3 atom stereocenters. The van der Waals surface area contributed by atoms with Crippen LogP contribution in [0, 0.1) is 5.92 Å². The first kappa shape index (κ1) is 17.0. The molecule has 1 saturated heterocycles. The summed E-state index contributed by atoms with van der Waals surface area (Å²) < 4.78 is 5.17. The summed E-state index contributed by atoms with van der Waals surface area (Å²) in [4.78, 5) is 26.9. The highest BCUT2D eigenvalue weighted by Crippen LogP contribution is 2.26. The van der Waals surface area contributed by atoms with E-state index in [2.05, 4.69) is 19.2 Å². The van der Waals surface area contributed by atoms with Gasteiger partial charge in [0.1, 0.15) is 11.6 Å². The second kappa shape index (κ2) is 6.57. The van der Waals surface area contributed by atoms with E-state index >= 15 is 0 Å². The van der Waals surface area contributed by atoms with Gasteiger partial charge in [-0.3, -0.25) is 9.59 Å². The third-order valence-corrected chi connectivity index (χ3v) is 4.03. The second-order valence-corrected chi connectivity index (χ2v) is 6.34. The van der Waals surface area contributed by atoms with Gasteiger partial charge in [0.05, 0.1) is 12.6 Å². The molecule has 0 aromatic rings. The van der Waals surface area contributed by atoms with E-state index in [0.717, 1.165) is 0 Å². The van der Waals surface area contributed by atoms with Crippen LogP contribution in [0.3, 0.4) is 0 Å². The van der Waals surface area contributed by atoms with E-state index < -0.39 is 11.6 Å². The minimum absolute atomic E-state index is 0.00481. The molecule has 20 heavy (non-hydrogen) atoms. The van der Waals surface area contributed by atoms with Crippen LogP contribution >= 0.6 is 0 Å². The summed E-state index contributed by atoms with van der Waals surface area (Å²) in [6.45, 7) is 10.2. The Kier molecular flexibility index (Phi) is 5.57. The molecule has 1 N–H and O–H groups in total. The third kappa shape index (κ3) is 3.32. The van der Waals surface area contributed by atoms with Crippen LogP contribution in [-0.2, 0) is 14.3 Å². The van der Waals surface area contributed by atoms with Gasteiger partial charge in [-0.1, -0.05) is 20.8 Å². The minimum Gasteiger partial charge on any atom is -0.383 e. The molecular formula is C15H28N2O3. The summed E-state index contributed by atoms with van der Waals surface area (Å²) in [6, 6.07) is -0.500. The van der Waals surface area contributed by atoms with Crippen molar-refractivity contribution >= 4 is 11.8 Å². The highest BCUT2D eigenvalue weighted by Gasteiger charge is 2.48. The van der Waals surface area contributed by atoms with Crippen LogP contribution in [0.4, 0.5) is 0 Å². The zero-order valence-corrected chi connectivity index (χ0v) is 13.5. The maximum atomic E-state index is 12.8. The van der Waals surface area contributed by atoms with Crippen LogP contribution in [0.15, 0.2) is 0 Å². The minimum atomic E-state index is -0.799. The summed E-state index contributed by atoms with van der Waals surface area (Å²) in [5.74, 6) is 0.294. The number of ether oxygens (including phenoxy) is 1. The average Bonchev–Trinajstić information content (AvgIpc) is 2.36. The fraction of sp³-hybridized carbons (Fsp3) is 0.867. The molecule has 0 spiro atoms. The largest absolute Gasteiger partial charge is 0.383 e. The van der Waals surface area contributed by atoms with Gasteiger partial charge >= 0.3 is 0 Å². The molecule has 1 fully saturated rings. The fourth-order valence-corrected chi connectivity index (χ4v) is 2.70. The van der Waals surface area contributed by atoms with E-state index in [1.54, 1.807) is 18.9 Å². The zero-order valence-electron chi connectivity index (χ0n) is 13.5. The number of methoxy groups -OCH3 is 1. The molecule has 1 heterocycles. The Morgan fingerprint density at radius 1 is 1.35 bits per heavy atom. The summed E-state index contributed by atoms with van der Waals surface area (Å²) >= 11 is 0. The standard InChI is InChI=1S/C15H28N2O3/c1-7-15(5)14(19)17(11(4)9-20-6)12(8-10(2)3)13(18)16-15/h10-12H,7-9H2,1-6H3,(H,16,18). The number of rotatable bonds is 6. The van der Waals surface area contributed by atoms with E-state index in [4.69, 9.17) is 4.74 Å². The Morgan fingerprint density at radius 3 is 2.40 bits per heavy atom. The van der Waals surface area contributed by atoms with Crippen LogP contribution < -0.4 is 5.32 Å². The Hall–Kier alpha value is -1.10. The lowest BCUT2D eigenvalue weighted by Crippen LogP contribution is -2.71. The predicted octanol–water partition coefficient (Wildman–Crippen LogP) is 1.56. The van der Waals surface area contributed by atoms with Crippen molar-refractivity contribution in [1.29, 1.82) is 0 Å². The molecule has 0 bridgehead atoms. The van der Waals surface area contributed by atoms with Gasteiger partial charge in [-0.2, -0.15) is 0 Å². The highest BCUT2D eigenvalue weighted by atomic mass is 16.5. The zero-order chi connectivity index (χ0) is 15.5. The molecule has 5 nitrogen and oxygen atoms in total. The molecule has 3 unspecified atom stereocenters. The molecule has 1 rings (SSSR count). The van der Waals surface area contributed by atoms with Crippen molar-refractivity contribution in [3.63, 3.8) is 0 Å². The van der Waals surface area contributed by atoms with Crippen LogP contribution in [0.25, 0.3) is 0 Å². The average molecular weight is 284 g/mol. The number of nitrogens with zero attached hydrogens (tertiary/aromatic N) is 1. The van der Waals surface area contributed by atoms with Gasteiger partial charge in [0.2, 0.25) is 11.8 Å². The summed E-state index contributed by atoms with van der Waals surface area (Å²) in [5, 5.41) is 2.90. The Balaban J connectivity index is 3.09. The van der Waals surface area contributed by atoms with Crippen molar-refractivity contribution in [2.45, 2.75) is 65.1 Å². The molecular weight excluding hydrogens is 256 g/mol. The van der Waals surface area contributed by atoms with Crippen molar-refractivity contribution < 1.29 is 14.3 Å². The fourth-order valence-electron chi connectivity index (χ4n) is 2.70. The molecule has 2 amide bonds. The third-order valence-electron chi connectivity index (χ3n) is 4.03. The maximum Gasteiger partial charge on any atom is 0.249 e. The van der Waals surface area contributed by atoms with Crippen molar-refractivity contribution in [1.82, 2.24) is 10.2 Å². The quantitative estimate of drug-likeness (QED) is 0.805. The van der Waals surface area contributed by atoms with Crippen LogP contribution in [0.1, 0.15) is 47.5 Å².